The van der Waals surface area contributed by atoms with Gasteiger partial charge in [0.1, 0.15) is 11.6 Å². The molecule has 2 aromatic heterocycles. The molecule has 0 N–H and O–H groups in total. The highest BCUT2D eigenvalue weighted by molar-refractivity contribution is 6.31. The molecule has 0 amide bonds. The molecule has 2 unspecified atom stereocenters. The van der Waals surface area contributed by atoms with Crippen molar-refractivity contribution in [2.75, 3.05) is 29.4 Å². The van der Waals surface area contributed by atoms with Crippen molar-refractivity contribution in [2.24, 2.45) is 5.92 Å². The van der Waals surface area contributed by atoms with Gasteiger partial charge in [-0.15, -0.1) is 0 Å². The summed E-state index contributed by atoms with van der Waals surface area (Å²) in [6, 6.07) is 12.3. The predicted molar refractivity (Wildman–Crippen MR) is 105 cm³/mol. The minimum Gasteiger partial charge on any atom is -0.353 e. The van der Waals surface area contributed by atoms with Crippen LogP contribution in [0, 0.1) is 5.92 Å². The van der Waals surface area contributed by atoms with Gasteiger partial charge in [0.05, 0.1) is 23.3 Å². The maximum atomic E-state index is 6.05. The van der Waals surface area contributed by atoms with E-state index in [1.54, 1.807) is 0 Å². The molecule has 3 aromatic rings. The quantitative estimate of drug-likeness (QED) is 0.691. The fourth-order valence-electron chi connectivity index (χ4n) is 4.28. The third-order valence-electron chi connectivity index (χ3n) is 5.62. The van der Waals surface area contributed by atoms with E-state index in [1.807, 2.05) is 36.7 Å². The standard InChI is InChI=1S/C20H20ClN5/c21-15-4-5-16-17(11-15)23-12-20(24-16)25-9-6-14-7-10-26(18(14)13-25)19-3-1-2-8-22-19/h1-5,8,11-12,14,18H,6-7,9-10,13H2. The van der Waals surface area contributed by atoms with Gasteiger partial charge in [0.15, 0.2) is 0 Å². The monoisotopic (exact) mass is 365 g/mol. The average molecular weight is 366 g/mol. The number of halogens is 1. The lowest BCUT2D eigenvalue weighted by Gasteiger charge is -2.39. The molecule has 132 valence electrons. The van der Waals surface area contributed by atoms with E-state index in [9.17, 15) is 0 Å². The lowest BCUT2D eigenvalue weighted by atomic mass is 9.92. The Bertz CT molecular complexity index is 932. The zero-order chi connectivity index (χ0) is 17.5. The van der Waals surface area contributed by atoms with Crippen LogP contribution in [0.4, 0.5) is 11.6 Å². The van der Waals surface area contributed by atoms with Crippen molar-refractivity contribution in [3.05, 3.63) is 53.8 Å². The Labute approximate surface area is 157 Å². The summed E-state index contributed by atoms with van der Waals surface area (Å²) in [5.74, 6) is 2.77. The molecule has 0 spiro atoms. The first kappa shape index (κ1) is 15.8. The van der Waals surface area contributed by atoms with Crippen LogP contribution in [0.1, 0.15) is 12.8 Å². The summed E-state index contributed by atoms with van der Waals surface area (Å²) >= 11 is 6.05. The van der Waals surface area contributed by atoms with Crippen molar-refractivity contribution in [3.63, 3.8) is 0 Å². The number of hydrogen-bond donors (Lipinski definition) is 0. The number of nitrogens with zero attached hydrogens (tertiary/aromatic N) is 5. The number of fused-ring (bicyclic) bond motifs is 2. The highest BCUT2D eigenvalue weighted by Gasteiger charge is 2.39. The first-order chi connectivity index (χ1) is 12.8. The lowest BCUT2D eigenvalue weighted by molar-refractivity contribution is 0.388. The average Bonchev–Trinajstić information content (AvgIpc) is 3.11. The van der Waals surface area contributed by atoms with Crippen LogP contribution >= 0.6 is 11.6 Å². The summed E-state index contributed by atoms with van der Waals surface area (Å²) in [5.41, 5.74) is 1.73. The molecular weight excluding hydrogens is 346 g/mol. The summed E-state index contributed by atoms with van der Waals surface area (Å²) in [7, 11) is 0. The number of piperidine rings is 1. The second-order valence-corrected chi connectivity index (χ2v) is 7.53. The van der Waals surface area contributed by atoms with Crippen LogP contribution in [-0.4, -0.2) is 40.6 Å². The molecule has 2 aliphatic rings. The van der Waals surface area contributed by atoms with E-state index in [2.05, 4.69) is 31.9 Å². The van der Waals surface area contributed by atoms with Crippen LogP contribution in [0.25, 0.3) is 11.0 Å². The molecule has 0 radical (unpaired) electrons. The third kappa shape index (κ3) is 2.76. The molecule has 2 fully saturated rings. The summed E-state index contributed by atoms with van der Waals surface area (Å²) in [6.07, 6.45) is 6.19. The summed E-state index contributed by atoms with van der Waals surface area (Å²) in [4.78, 5) is 18.8. The lowest BCUT2D eigenvalue weighted by Crippen LogP contribution is -2.48. The number of aromatic nitrogens is 3. The fraction of sp³-hybridized carbons (Fsp3) is 0.350. The molecule has 0 aliphatic carbocycles. The van der Waals surface area contributed by atoms with Gasteiger partial charge in [0, 0.05) is 30.9 Å². The Balaban J connectivity index is 1.42. The van der Waals surface area contributed by atoms with Crippen molar-refractivity contribution in [3.8, 4) is 0 Å². The zero-order valence-corrected chi connectivity index (χ0v) is 15.2. The van der Waals surface area contributed by atoms with Crippen molar-refractivity contribution in [1.82, 2.24) is 15.0 Å². The summed E-state index contributed by atoms with van der Waals surface area (Å²) in [6.45, 7) is 3.09. The Morgan fingerprint density at radius 1 is 0.962 bits per heavy atom. The van der Waals surface area contributed by atoms with Gasteiger partial charge in [0.25, 0.3) is 0 Å². The van der Waals surface area contributed by atoms with Crippen molar-refractivity contribution in [2.45, 2.75) is 18.9 Å². The molecule has 5 rings (SSSR count). The maximum Gasteiger partial charge on any atom is 0.147 e. The Kier molecular flexibility index (Phi) is 3.89. The minimum atomic E-state index is 0.487. The van der Waals surface area contributed by atoms with Gasteiger partial charge in [-0.05, 0) is 49.1 Å². The minimum absolute atomic E-state index is 0.487. The predicted octanol–water partition coefficient (Wildman–Crippen LogP) is 3.78. The maximum absolute atomic E-state index is 6.05. The van der Waals surface area contributed by atoms with Crippen LogP contribution in [0.15, 0.2) is 48.8 Å². The number of hydrogen-bond acceptors (Lipinski definition) is 5. The molecule has 2 saturated heterocycles. The van der Waals surface area contributed by atoms with Crippen molar-refractivity contribution in [1.29, 1.82) is 0 Å². The van der Waals surface area contributed by atoms with Crippen LogP contribution in [0.5, 0.6) is 0 Å². The summed E-state index contributed by atoms with van der Waals surface area (Å²) < 4.78 is 0. The molecule has 4 heterocycles. The molecule has 26 heavy (non-hydrogen) atoms. The van der Waals surface area contributed by atoms with Gasteiger partial charge in [-0.2, -0.15) is 0 Å². The van der Waals surface area contributed by atoms with E-state index in [1.165, 1.54) is 12.8 Å². The number of rotatable bonds is 2. The second kappa shape index (κ2) is 6.40. The zero-order valence-electron chi connectivity index (χ0n) is 14.4. The number of anilines is 2. The fourth-order valence-corrected chi connectivity index (χ4v) is 4.45. The first-order valence-electron chi connectivity index (χ1n) is 9.13. The van der Waals surface area contributed by atoms with E-state index in [4.69, 9.17) is 16.6 Å². The molecule has 6 heteroatoms. The van der Waals surface area contributed by atoms with Gasteiger partial charge >= 0.3 is 0 Å². The smallest absolute Gasteiger partial charge is 0.147 e. The van der Waals surface area contributed by atoms with Crippen molar-refractivity contribution >= 4 is 34.3 Å². The van der Waals surface area contributed by atoms with E-state index in [0.29, 0.717) is 11.1 Å². The Hall–Kier alpha value is -2.40. The first-order valence-corrected chi connectivity index (χ1v) is 9.51. The van der Waals surface area contributed by atoms with Gasteiger partial charge < -0.3 is 9.80 Å². The molecule has 2 atom stereocenters. The topological polar surface area (TPSA) is 45.2 Å². The molecular formula is C20H20ClN5. The molecule has 0 saturated carbocycles. The van der Waals surface area contributed by atoms with Gasteiger partial charge in [-0.3, -0.25) is 4.98 Å². The SMILES string of the molecule is Clc1ccc2nc(N3CCC4CCN(c5ccccn5)C4C3)cnc2c1. The van der Waals surface area contributed by atoms with Gasteiger partial charge in [-0.1, -0.05) is 17.7 Å². The van der Waals surface area contributed by atoms with Crippen LogP contribution < -0.4 is 9.80 Å². The highest BCUT2D eigenvalue weighted by atomic mass is 35.5. The van der Waals surface area contributed by atoms with Crippen LogP contribution in [-0.2, 0) is 0 Å². The molecule has 1 aromatic carbocycles. The van der Waals surface area contributed by atoms with E-state index in [-0.39, 0.29) is 0 Å². The van der Waals surface area contributed by atoms with Gasteiger partial charge in [-0.25, -0.2) is 9.97 Å². The Morgan fingerprint density at radius 3 is 2.77 bits per heavy atom. The Morgan fingerprint density at radius 2 is 1.88 bits per heavy atom. The molecule has 2 aliphatic heterocycles. The van der Waals surface area contributed by atoms with Crippen LogP contribution in [0.2, 0.25) is 5.02 Å². The molecule has 5 nitrogen and oxygen atoms in total. The highest BCUT2D eigenvalue weighted by Crippen LogP contribution is 2.35. The van der Waals surface area contributed by atoms with Gasteiger partial charge in [0.2, 0.25) is 0 Å². The number of benzene rings is 1. The largest absolute Gasteiger partial charge is 0.353 e. The van der Waals surface area contributed by atoms with E-state index in [0.717, 1.165) is 48.2 Å². The third-order valence-corrected chi connectivity index (χ3v) is 5.86. The van der Waals surface area contributed by atoms with E-state index < -0.39 is 0 Å². The van der Waals surface area contributed by atoms with Crippen LogP contribution in [0.3, 0.4) is 0 Å². The normalized spacial score (nSPS) is 22.7. The molecule has 0 bridgehead atoms. The summed E-state index contributed by atoms with van der Waals surface area (Å²) in [5, 5.41) is 0.692. The van der Waals surface area contributed by atoms with Crippen molar-refractivity contribution < 1.29 is 0 Å². The second-order valence-electron chi connectivity index (χ2n) is 7.09. The van der Waals surface area contributed by atoms with E-state index >= 15 is 0 Å². The number of pyridine rings is 1.